The third-order valence-corrected chi connectivity index (χ3v) is 3.62. The fraction of sp³-hybridized carbons (Fsp3) is 0.400. The molecular formula is C15H17N3O3. The number of hydrogen-bond donors (Lipinski definition) is 2. The van der Waals surface area contributed by atoms with E-state index in [4.69, 9.17) is 5.11 Å². The van der Waals surface area contributed by atoms with Crippen molar-refractivity contribution < 1.29 is 9.90 Å². The van der Waals surface area contributed by atoms with Crippen molar-refractivity contribution in [2.75, 3.05) is 13.1 Å². The number of hydrogen-bond acceptors (Lipinski definition) is 4. The molecule has 1 fully saturated rings. The third kappa shape index (κ3) is 3.46. The van der Waals surface area contributed by atoms with Gasteiger partial charge in [-0.2, -0.15) is 0 Å². The highest BCUT2D eigenvalue weighted by atomic mass is 16.4. The van der Waals surface area contributed by atoms with E-state index in [2.05, 4.69) is 9.97 Å². The highest BCUT2D eigenvalue weighted by Crippen LogP contribution is 2.29. The molecule has 110 valence electrons. The summed E-state index contributed by atoms with van der Waals surface area (Å²) in [6, 6.07) is 7.32. The number of carboxylic acids is 1. The number of nitrogens with one attached hydrogen (secondary N) is 1. The van der Waals surface area contributed by atoms with Crippen molar-refractivity contribution in [3.8, 4) is 0 Å². The monoisotopic (exact) mass is 287 g/mol. The van der Waals surface area contributed by atoms with Gasteiger partial charge in [-0.1, -0.05) is 12.1 Å². The highest BCUT2D eigenvalue weighted by Gasteiger charge is 2.26. The second-order valence-corrected chi connectivity index (χ2v) is 5.54. The molecule has 0 unspecified atom stereocenters. The van der Waals surface area contributed by atoms with Crippen LogP contribution >= 0.6 is 0 Å². The molecule has 1 aliphatic carbocycles. The number of fused-ring (bicyclic) bond motifs is 1. The van der Waals surface area contributed by atoms with Crippen LogP contribution in [-0.2, 0) is 11.3 Å². The number of nitrogens with zero attached hydrogens (tertiary/aromatic N) is 2. The molecule has 0 saturated heterocycles. The predicted octanol–water partition coefficient (Wildman–Crippen LogP) is 1.22. The number of aromatic nitrogens is 2. The van der Waals surface area contributed by atoms with Gasteiger partial charge in [0.2, 0.25) is 0 Å². The van der Waals surface area contributed by atoms with Gasteiger partial charge in [0.15, 0.2) is 0 Å². The molecule has 6 heteroatoms. The van der Waals surface area contributed by atoms with Crippen LogP contribution < -0.4 is 5.56 Å². The Bertz CT molecular complexity index is 721. The zero-order valence-electron chi connectivity index (χ0n) is 11.6. The molecule has 1 aromatic heterocycles. The van der Waals surface area contributed by atoms with Gasteiger partial charge in [-0.05, 0) is 30.9 Å². The van der Waals surface area contributed by atoms with Crippen molar-refractivity contribution >= 4 is 17.0 Å². The first-order valence-corrected chi connectivity index (χ1v) is 7.04. The van der Waals surface area contributed by atoms with Gasteiger partial charge in [0.05, 0.1) is 17.6 Å². The maximum absolute atomic E-state index is 12.1. The molecule has 2 N–H and O–H groups in total. The van der Waals surface area contributed by atoms with E-state index < -0.39 is 5.97 Å². The minimum Gasteiger partial charge on any atom is -0.480 e. The van der Waals surface area contributed by atoms with E-state index in [1.807, 2.05) is 18.2 Å². The zero-order valence-corrected chi connectivity index (χ0v) is 11.6. The second kappa shape index (κ2) is 5.65. The molecule has 2 aromatic rings. The Labute approximate surface area is 121 Å². The molecule has 1 saturated carbocycles. The lowest BCUT2D eigenvalue weighted by Gasteiger charge is -2.19. The molecule has 1 aliphatic rings. The number of para-hydroxylation sites is 2. The molecule has 0 amide bonds. The number of aliphatic carboxylic acids is 1. The van der Waals surface area contributed by atoms with E-state index in [-0.39, 0.29) is 18.6 Å². The number of H-pyrrole nitrogens is 1. The average molecular weight is 287 g/mol. The molecule has 0 spiro atoms. The molecule has 6 nitrogen and oxygen atoms in total. The van der Waals surface area contributed by atoms with E-state index in [1.54, 1.807) is 11.0 Å². The van der Waals surface area contributed by atoms with Gasteiger partial charge in [0, 0.05) is 13.1 Å². The summed E-state index contributed by atoms with van der Waals surface area (Å²) in [5.41, 5.74) is 1.53. The molecule has 0 radical (unpaired) electrons. The summed E-state index contributed by atoms with van der Waals surface area (Å²) >= 11 is 0. The Hall–Kier alpha value is -2.21. The SMILES string of the molecule is O=C(O)CN(Cc1nc2ccccc2[nH]c1=O)CC1CC1. The van der Waals surface area contributed by atoms with E-state index in [9.17, 15) is 9.59 Å². The van der Waals surface area contributed by atoms with Crippen LogP contribution in [0, 0.1) is 5.92 Å². The Kier molecular flexibility index (Phi) is 3.70. The van der Waals surface area contributed by atoms with Crippen LogP contribution in [-0.4, -0.2) is 39.0 Å². The second-order valence-electron chi connectivity index (χ2n) is 5.54. The topological polar surface area (TPSA) is 86.3 Å². The molecule has 0 aliphatic heterocycles. The van der Waals surface area contributed by atoms with Crippen LogP contribution in [0.3, 0.4) is 0 Å². The van der Waals surface area contributed by atoms with Crippen LogP contribution in [0.5, 0.6) is 0 Å². The van der Waals surface area contributed by atoms with Crippen molar-refractivity contribution in [3.63, 3.8) is 0 Å². The van der Waals surface area contributed by atoms with Gasteiger partial charge in [0.25, 0.3) is 5.56 Å². The van der Waals surface area contributed by atoms with Gasteiger partial charge >= 0.3 is 5.97 Å². The maximum Gasteiger partial charge on any atom is 0.317 e. The fourth-order valence-electron chi connectivity index (χ4n) is 2.43. The smallest absolute Gasteiger partial charge is 0.317 e. The van der Waals surface area contributed by atoms with Gasteiger partial charge in [-0.3, -0.25) is 14.5 Å². The number of carboxylic acid groups (broad SMARTS) is 1. The van der Waals surface area contributed by atoms with E-state index in [1.165, 1.54) is 0 Å². The molecule has 21 heavy (non-hydrogen) atoms. The summed E-state index contributed by atoms with van der Waals surface area (Å²) in [4.78, 5) is 32.0. The van der Waals surface area contributed by atoms with Crippen molar-refractivity contribution in [3.05, 3.63) is 40.3 Å². The minimum absolute atomic E-state index is 0.0650. The van der Waals surface area contributed by atoms with E-state index in [0.717, 1.165) is 12.8 Å². The molecule has 0 bridgehead atoms. The van der Waals surface area contributed by atoms with E-state index in [0.29, 0.717) is 29.2 Å². The zero-order chi connectivity index (χ0) is 14.8. The van der Waals surface area contributed by atoms with Gasteiger partial charge in [0.1, 0.15) is 5.69 Å². The van der Waals surface area contributed by atoms with Gasteiger partial charge in [-0.25, -0.2) is 4.98 Å². The summed E-state index contributed by atoms with van der Waals surface area (Å²) in [6.45, 7) is 0.910. The average Bonchev–Trinajstić information content (AvgIpc) is 3.22. The van der Waals surface area contributed by atoms with Crippen LogP contribution in [0.4, 0.5) is 0 Å². The highest BCUT2D eigenvalue weighted by molar-refractivity contribution is 5.73. The van der Waals surface area contributed by atoms with Crippen LogP contribution in [0.1, 0.15) is 18.5 Å². The summed E-state index contributed by atoms with van der Waals surface area (Å²) in [7, 11) is 0. The lowest BCUT2D eigenvalue weighted by molar-refractivity contribution is -0.138. The third-order valence-electron chi connectivity index (χ3n) is 3.62. The largest absolute Gasteiger partial charge is 0.480 e. The number of carbonyl (C=O) groups is 1. The fourth-order valence-corrected chi connectivity index (χ4v) is 2.43. The summed E-state index contributed by atoms with van der Waals surface area (Å²) in [5.74, 6) is -0.322. The lowest BCUT2D eigenvalue weighted by Crippen LogP contribution is -2.34. The first-order chi connectivity index (χ1) is 10.1. The van der Waals surface area contributed by atoms with Crippen molar-refractivity contribution in [1.29, 1.82) is 0 Å². The van der Waals surface area contributed by atoms with Crippen LogP contribution in [0.25, 0.3) is 11.0 Å². The van der Waals surface area contributed by atoms with Gasteiger partial charge in [-0.15, -0.1) is 0 Å². The molecule has 1 aromatic carbocycles. The minimum atomic E-state index is -0.882. The number of benzene rings is 1. The summed E-state index contributed by atoms with van der Waals surface area (Å²) in [6.07, 6.45) is 2.27. The molecule has 0 atom stereocenters. The number of rotatable bonds is 6. The normalized spacial score (nSPS) is 14.7. The van der Waals surface area contributed by atoms with Crippen LogP contribution in [0.2, 0.25) is 0 Å². The Morgan fingerprint density at radius 1 is 1.38 bits per heavy atom. The predicted molar refractivity (Wildman–Crippen MR) is 78.0 cm³/mol. The first-order valence-electron chi connectivity index (χ1n) is 7.04. The van der Waals surface area contributed by atoms with Crippen molar-refractivity contribution in [2.45, 2.75) is 19.4 Å². The molecule has 1 heterocycles. The van der Waals surface area contributed by atoms with Crippen LogP contribution in [0.15, 0.2) is 29.1 Å². The van der Waals surface area contributed by atoms with E-state index >= 15 is 0 Å². The molecular weight excluding hydrogens is 270 g/mol. The summed E-state index contributed by atoms with van der Waals surface area (Å²) < 4.78 is 0. The van der Waals surface area contributed by atoms with Crippen molar-refractivity contribution in [1.82, 2.24) is 14.9 Å². The van der Waals surface area contributed by atoms with Crippen molar-refractivity contribution in [2.24, 2.45) is 5.92 Å². The summed E-state index contributed by atoms with van der Waals surface area (Å²) in [5, 5.41) is 8.99. The number of aromatic amines is 1. The maximum atomic E-state index is 12.1. The first kappa shape index (κ1) is 13.8. The Morgan fingerprint density at radius 2 is 2.14 bits per heavy atom. The molecule has 3 rings (SSSR count). The van der Waals surface area contributed by atoms with Gasteiger partial charge < -0.3 is 10.1 Å². The standard InChI is InChI=1S/C15H17N3O3/c19-14(20)9-18(7-10-5-6-10)8-13-15(21)17-12-4-2-1-3-11(12)16-13/h1-4,10H,5-9H2,(H,17,21)(H,19,20). The Morgan fingerprint density at radius 3 is 2.86 bits per heavy atom. The lowest BCUT2D eigenvalue weighted by atomic mass is 10.2. The Balaban J connectivity index is 1.85. The quantitative estimate of drug-likeness (QED) is 0.834.